The number of hydrogen-bond donors (Lipinski definition) is 1. The Bertz CT molecular complexity index is 514. The smallest absolute Gasteiger partial charge is 0.228 e. The minimum atomic E-state index is -0.00370. The van der Waals surface area contributed by atoms with Crippen molar-refractivity contribution in [2.45, 2.75) is 20.3 Å². The summed E-state index contributed by atoms with van der Waals surface area (Å²) >= 11 is 0. The molecule has 0 saturated carbocycles. The number of phenols is 1. The maximum Gasteiger partial charge on any atom is 0.228 e. The standard InChI is InChI=1S/C14H15NO2/c1-4-11-7-14(17)15(8-11)12-5-10(3)13(16)6-9(12)2/h1,5-6,11,16H,7-8H2,2-3H3. The molecular weight excluding hydrogens is 214 g/mol. The van der Waals surface area contributed by atoms with Gasteiger partial charge in [0, 0.05) is 24.6 Å². The zero-order chi connectivity index (χ0) is 12.6. The summed E-state index contributed by atoms with van der Waals surface area (Å²) in [6.45, 7) is 4.27. The summed E-state index contributed by atoms with van der Waals surface area (Å²) in [5.41, 5.74) is 2.50. The first-order valence-electron chi connectivity index (χ1n) is 5.59. The second kappa shape index (κ2) is 4.14. The number of benzene rings is 1. The first-order chi connectivity index (χ1) is 8.02. The normalized spacial score (nSPS) is 19.5. The van der Waals surface area contributed by atoms with Gasteiger partial charge in [0.15, 0.2) is 0 Å². The number of carbonyl (C=O) groups excluding carboxylic acids is 1. The van der Waals surface area contributed by atoms with Gasteiger partial charge in [-0.2, -0.15) is 0 Å². The van der Waals surface area contributed by atoms with Crippen molar-refractivity contribution in [3.8, 4) is 18.1 Å². The van der Waals surface area contributed by atoms with Gasteiger partial charge >= 0.3 is 0 Å². The third-order valence-electron chi connectivity index (χ3n) is 3.17. The van der Waals surface area contributed by atoms with Gasteiger partial charge in [-0.3, -0.25) is 4.79 Å². The molecule has 1 N–H and O–H groups in total. The molecule has 0 aliphatic carbocycles. The average Bonchev–Trinajstić information content (AvgIpc) is 2.65. The maximum absolute atomic E-state index is 11.9. The molecule has 0 radical (unpaired) electrons. The van der Waals surface area contributed by atoms with Crippen molar-refractivity contribution < 1.29 is 9.90 Å². The third kappa shape index (κ3) is 1.99. The highest BCUT2D eigenvalue weighted by molar-refractivity contribution is 5.97. The molecule has 3 heteroatoms. The lowest BCUT2D eigenvalue weighted by Crippen LogP contribution is -2.25. The zero-order valence-electron chi connectivity index (χ0n) is 10.0. The summed E-state index contributed by atoms with van der Waals surface area (Å²) in [4.78, 5) is 13.6. The first kappa shape index (κ1) is 11.5. The number of phenolic OH excluding ortho intramolecular Hbond substituents is 1. The molecule has 2 rings (SSSR count). The van der Waals surface area contributed by atoms with Gasteiger partial charge in [-0.15, -0.1) is 12.3 Å². The van der Waals surface area contributed by atoms with E-state index in [0.29, 0.717) is 13.0 Å². The van der Waals surface area contributed by atoms with E-state index in [-0.39, 0.29) is 17.6 Å². The summed E-state index contributed by atoms with van der Waals surface area (Å²) in [5, 5.41) is 9.60. The van der Waals surface area contributed by atoms with Crippen LogP contribution in [0.2, 0.25) is 0 Å². The van der Waals surface area contributed by atoms with Crippen LogP contribution in [-0.4, -0.2) is 17.6 Å². The number of hydrogen-bond acceptors (Lipinski definition) is 2. The quantitative estimate of drug-likeness (QED) is 0.748. The van der Waals surface area contributed by atoms with Gasteiger partial charge in [0.05, 0.1) is 0 Å². The lowest BCUT2D eigenvalue weighted by molar-refractivity contribution is -0.117. The van der Waals surface area contributed by atoms with Crippen LogP contribution < -0.4 is 4.90 Å². The number of anilines is 1. The number of rotatable bonds is 1. The van der Waals surface area contributed by atoms with Gasteiger partial charge in [-0.1, -0.05) is 0 Å². The number of carbonyl (C=O) groups is 1. The molecule has 1 heterocycles. The first-order valence-corrected chi connectivity index (χ1v) is 5.59. The number of nitrogens with zero attached hydrogens (tertiary/aromatic N) is 1. The van der Waals surface area contributed by atoms with E-state index in [9.17, 15) is 9.90 Å². The molecule has 88 valence electrons. The van der Waals surface area contributed by atoms with Crippen LogP contribution in [0.25, 0.3) is 0 Å². The van der Waals surface area contributed by atoms with E-state index >= 15 is 0 Å². The third-order valence-corrected chi connectivity index (χ3v) is 3.17. The summed E-state index contributed by atoms with van der Waals surface area (Å²) < 4.78 is 0. The van der Waals surface area contributed by atoms with Crippen molar-refractivity contribution in [1.29, 1.82) is 0 Å². The molecular formula is C14H15NO2. The maximum atomic E-state index is 11.9. The molecule has 1 aliphatic rings. The molecule has 1 amide bonds. The SMILES string of the molecule is C#CC1CC(=O)N(c2cc(C)c(O)cc2C)C1. The minimum Gasteiger partial charge on any atom is -0.508 e. The van der Waals surface area contributed by atoms with Gasteiger partial charge in [0.1, 0.15) is 5.75 Å². The van der Waals surface area contributed by atoms with Crippen LogP contribution in [0.1, 0.15) is 17.5 Å². The Balaban J connectivity index is 2.39. The molecule has 17 heavy (non-hydrogen) atoms. The molecule has 1 aliphatic heterocycles. The van der Waals surface area contributed by atoms with Crippen LogP contribution in [0, 0.1) is 32.1 Å². The molecule has 1 unspecified atom stereocenters. The van der Waals surface area contributed by atoms with Gasteiger partial charge in [0.25, 0.3) is 0 Å². The van der Waals surface area contributed by atoms with Crippen molar-refractivity contribution in [3.05, 3.63) is 23.3 Å². The Morgan fingerprint density at radius 3 is 2.71 bits per heavy atom. The summed E-state index contributed by atoms with van der Waals surface area (Å²) in [6, 6.07) is 3.52. The van der Waals surface area contributed by atoms with E-state index in [1.165, 1.54) is 0 Å². The highest BCUT2D eigenvalue weighted by Gasteiger charge is 2.30. The topological polar surface area (TPSA) is 40.5 Å². The molecule has 1 aromatic carbocycles. The van der Waals surface area contributed by atoms with E-state index in [1.54, 1.807) is 11.0 Å². The highest BCUT2D eigenvalue weighted by atomic mass is 16.3. The Kier molecular flexibility index (Phi) is 2.81. The van der Waals surface area contributed by atoms with Gasteiger partial charge < -0.3 is 10.0 Å². The van der Waals surface area contributed by atoms with Crippen LogP contribution in [0.4, 0.5) is 5.69 Å². The van der Waals surface area contributed by atoms with Crippen molar-refractivity contribution in [1.82, 2.24) is 0 Å². The van der Waals surface area contributed by atoms with Crippen molar-refractivity contribution in [2.75, 3.05) is 11.4 Å². The summed E-state index contributed by atoms with van der Waals surface area (Å²) in [6.07, 6.45) is 5.77. The van der Waals surface area contributed by atoms with E-state index in [1.807, 2.05) is 19.9 Å². The predicted molar refractivity (Wildman–Crippen MR) is 66.9 cm³/mol. The van der Waals surface area contributed by atoms with Gasteiger partial charge in [-0.05, 0) is 37.1 Å². The van der Waals surface area contributed by atoms with E-state index in [4.69, 9.17) is 6.42 Å². The number of aryl methyl sites for hydroxylation is 2. The van der Waals surface area contributed by atoms with E-state index in [2.05, 4.69) is 5.92 Å². The Labute approximate surface area is 101 Å². The largest absolute Gasteiger partial charge is 0.508 e. The van der Waals surface area contributed by atoms with Crippen molar-refractivity contribution in [2.24, 2.45) is 5.92 Å². The monoisotopic (exact) mass is 229 g/mol. The van der Waals surface area contributed by atoms with Crippen LogP contribution in [-0.2, 0) is 4.79 Å². The van der Waals surface area contributed by atoms with Gasteiger partial charge in [-0.25, -0.2) is 0 Å². The molecule has 0 spiro atoms. The highest BCUT2D eigenvalue weighted by Crippen LogP contribution is 2.31. The second-order valence-electron chi connectivity index (χ2n) is 4.50. The Morgan fingerprint density at radius 1 is 1.41 bits per heavy atom. The number of aromatic hydroxyl groups is 1. The van der Waals surface area contributed by atoms with E-state index < -0.39 is 0 Å². The second-order valence-corrected chi connectivity index (χ2v) is 4.50. The molecule has 0 aromatic heterocycles. The van der Waals surface area contributed by atoms with Crippen LogP contribution in [0.3, 0.4) is 0 Å². The zero-order valence-corrected chi connectivity index (χ0v) is 10.0. The lowest BCUT2D eigenvalue weighted by Gasteiger charge is -2.19. The molecule has 3 nitrogen and oxygen atoms in total. The fourth-order valence-electron chi connectivity index (χ4n) is 2.13. The Morgan fingerprint density at radius 2 is 2.12 bits per heavy atom. The molecule has 0 bridgehead atoms. The molecule has 1 fully saturated rings. The van der Waals surface area contributed by atoms with Gasteiger partial charge in [0.2, 0.25) is 5.91 Å². The predicted octanol–water partition coefficient (Wildman–Crippen LogP) is 2.00. The number of amides is 1. The van der Waals surface area contributed by atoms with Crippen molar-refractivity contribution in [3.63, 3.8) is 0 Å². The number of terminal acetylenes is 1. The Hall–Kier alpha value is -1.95. The summed E-state index contributed by atoms with van der Waals surface area (Å²) in [7, 11) is 0. The fourth-order valence-corrected chi connectivity index (χ4v) is 2.13. The molecule has 1 saturated heterocycles. The van der Waals surface area contributed by atoms with Crippen molar-refractivity contribution >= 4 is 11.6 Å². The molecule has 1 aromatic rings. The van der Waals surface area contributed by atoms with Crippen LogP contribution in [0.5, 0.6) is 5.75 Å². The van der Waals surface area contributed by atoms with Crippen LogP contribution in [0.15, 0.2) is 12.1 Å². The average molecular weight is 229 g/mol. The minimum absolute atomic E-state index is 0.00370. The summed E-state index contributed by atoms with van der Waals surface area (Å²) in [5.74, 6) is 2.94. The van der Waals surface area contributed by atoms with Crippen LogP contribution >= 0.6 is 0 Å². The van der Waals surface area contributed by atoms with E-state index in [0.717, 1.165) is 16.8 Å². The lowest BCUT2D eigenvalue weighted by atomic mass is 10.1. The molecule has 1 atom stereocenters. The fraction of sp³-hybridized carbons (Fsp3) is 0.357.